The Bertz CT molecular complexity index is 760. The number of carbonyl (C=O) groups is 2. The molecule has 0 aromatic heterocycles. The SMILES string of the molecule is O=C1SCC(C=CC(O)C(F)(F)c2ccccc2)N1CCCCCC(F)(F)C(=O)O. The molecule has 2 unspecified atom stereocenters. The number of benzene rings is 1. The summed E-state index contributed by atoms with van der Waals surface area (Å²) in [4.78, 5) is 23.8. The van der Waals surface area contributed by atoms with Crippen molar-refractivity contribution in [3.8, 4) is 0 Å². The molecule has 0 aliphatic carbocycles. The summed E-state index contributed by atoms with van der Waals surface area (Å²) in [5.41, 5.74) is -0.325. The molecule has 166 valence electrons. The van der Waals surface area contributed by atoms with Crippen LogP contribution in [-0.2, 0) is 10.7 Å². The number of alkyl halides is 4. The minimum absolute atomic E-state index is 0.0169. The molecule has 1 heterocycles. The van der Waals surface area contributed by atoms with Crippen LogP contribution in [0.5, 0.6) is 0 Å². The van der Waals surface area contributed by atoms with Crippen LogP contribution in [-0.4, -0.2) is 56.7 Å². The third-order valence-electron chi connectivity index (χ3n) is 4.76. The largest absolute Gasteiger partial charge is 0.477 e. The fourth-order valence-electron chi connectivity index (χ4n) is 2.98. The van der Waals surface area contributed by atoms with Crippen LogP contribution in [0.25, 0.3) is 0 Å². The molecule has 0 bridgehead atoms. The third-order valence-corrected chi connectivity index (χ3v) is 5.75. The van der Waals surface area contributed by atoms with Gasteiger partial charge in [0.25, 0.3) is 5.24 Å². The fraction of sp³-hybridized carbons (Fsp3) is 0.500. The zero-order valence-electron chi connectivity index (χ0n) is 16.0. The monoisotopic (exact) mass is 449 g/mol. The number of aliphatic hydroxyl groups is 1. The Morgan fingerprint density at radius 1 is 1.20 bits per heavy atom. The third kappa shape index (κ3) is 6.21. The molecule has 1 aromatic carbocycles. The van der Waals surface area contributed by atoms with Crippen molar-refractivity contribution in [1.29, 1.82) is 0 Å². The van der Waals surface area contributed by atoms with Gasteiger partial charge in [0.15, 0.2) is 0 Å². The second-order valence-electron chi connectivity index (χ2n) is 6.98. The quantitative estimate of drug-likeness (QED) is 0.295. The zero-order valence-corrected chi connectivity index (χ0v) is 16.8. The number of amides is 1. The summed E-state index contributed by atoms with van der Waals surface area (Å²) >= 11 is 1.01. The Kier molecular flexibility index (Phi) is 8.31. The van der Waals surface area contributed by atoms with Gasteiger partial charge in [0.05, 0.1) is 6.04 Å². The molecule has 1 amide bonds. The predicted molar refractivity (Wildman–Crippen MR) is 105 cm³/mol. The van der Waals surface area contributed by atoms with Crippen molar-refractivity contribution < 1.29 is 37.4 Å². The minimum atomic E-state index is -3.77. The molecular weight excluding hydrogens is 426 g/mol. The van der Waals surface area contributed by atoms with E-state index < -0.39 is 36.4 Å². The van der Waals surface area contributed by atoms with Gasteiger partial charge in [0, 0.05) is 24.3 Å². The van der Waals surface area contributed by atoms with Crippen LogP contribution in [0, 0.1) is 0 Å². The maximum Gasteiger partial charge on any atom is 0.374 e. The summed E-state index contributed by atoms with van der Waals surface area (Å²) in [5.74, 6) is -9.10. The van der Waals surface area contributed by atoms with Gasteiger partial charge in [-0.3, -0.25) is 4.79 Å². The number of hydrogen-bond acceptors (Lipinski definition) is 4. The summed E-state index contributed by atoms with van der Waals surface area (Å²) in [5, 5.41) is 18.1. The highest BCUT2D eigenvalue weighted by Gasteiger charge is 2.40. The van der Waals surface area contributed by atoms with Crippen LogP contribution in [0.4, 0.5) is 22.4 Å². The number of carbonyl (C=O) groups excluding carboxylic acids is 1. The molecule has 2 rings (SSSR count). The van der Waals surface area contributed by atoms with Crippen molar-refractivity contribution in [1.82, 2.24) is 4.90 Å². The number of thioether (sulfide) groups is 1. The Balaban J connectivity index is 1.87. The van der Waals surface area contributed by atoms with E-state index in [-0.39, 0.29) is 23.8 Å². The summed E-state index contributed by atoms with van der Waals surface area (Å²) in [6.45, 7) is 0.227. The number of aliphatic carboxylic acids is 1. The number of nitrogens with zero attached hydrogens (tertiary/aromatic N) is 1. The Morgan fingerprint density at radius 2 is 1.87 bits per heavy atom. The second-order valence-corrected chi connectivity index (χ2v) is 7.95. The number of halogens is 4. The van der Waals surface area contributed by atoms with Gasteiger partial charge in [-0.25, -0.2) is 4.79 Å². The van der Waals surface area contributed by atoms with Gasteiger partial charge >= 0.3 is 17.8 Å². The number of rotatable bonds is 11. The highest BCUT2D eigenvalue weighted by molar-refractivity contribution is 8.13. The molecule has 0 spiro atoms. The van der Waals surface area contributed by atoms with Gasteiger partial charge in [0.2, 0.25) is 0 Å². The molecule has 1 fully saturated rings. The topological polar surface area (TPSA) is 77.8 Å². The lowest BCUT2D eigenvalue weighted by Crippen LogP contribution is -2.34. The van der Waals surface area contributed by atoms with E-state index in [1.54, 1.807) is 6.07 Å². The molecule has 5 nitrogen and oxygen atoms in total. The van der Waals surface area contributed by atoms with Crippen molar-refractivity contribution in [3.63, 3.8) is 0 Å². The first kappa shape index (κ1) is 24.2. The number of unbranched alkanes of at least 4 members (excludes halogenated alkanes) is 2. The average molecular weight is 449 g/mol. The van der Waals surface area contributed by atoms with E-state index in [1.807, 2.05) is 0 Å². The number of carboxylic acids is 1. The molecule has 1 aliphatic rings. The van der Waals surface area contributed by atoms with E-state index >= 15 is 0 Å². The molecule has 1 aromatic rings. The van der Waals surface area contributed by atoms with E-state index in [4.69, 9.17) is 5.11 Å². The molecule has 1 saturated heterocycles. The van der Waals surface area contributed by atoms with Gasteiger partial charge in [-0.05, 0) is 12.8 Å². The van der Waals surface area contributed by atoms with E-state index in [2.05, 4.69) is 0 Å². The summed E-state index contributed by atoms with van der Waals surface area (Å²) < 4.78 is 54.8. The highest BCUT2D eigenvalue weighted by atomic mass is 32.2. The molecule has 2 N–H and O–H groups in total. The Labute approximate surface area is 175 Å². The predicted octanol–water partition coefficient (Wildman–Crippen LogP) is 4.51. The molecular formula is C20H23F4NO4S. The maximum absolute atomic E-state index is 14.3. The average Bonchev–Trinajstić information content (AvgIpc) is 3.05. The first-order valence-electron chi connectivity index (χ1n) is 9.40. The van der Waals surface area contributed by atoms with Crippen molar-refractivity contribution >= 4 is 23.0 Å². The molecule has 0 radical (unpaired) electrons. The van der Waals surface area contributed by atoms with E-state index in [1.165, 1.54) is 35.2 Å². The zero-order chi connectivity index (χ0) is 22.4. The van der Waals surface area contributed by atoms with Gasteiger partial charge in [-0.15, -0.1) is 0 Å². The summed E-state index contributed by atoms with van der Waals surface area (Å²) in [6, 6.07) is 6.41. The molecule has 2 atom stereocenters. The first-order valence-corrected chi connectivity index (χ1v) is 10.4. The van der Waals surface area contributed by atoms with Crippen LogP contribution >= 0.6 is 11.8 Å². The van der Waals surface area contributed by atoms with Gasteiger partial charge < -0.3 is 15.1 Å². The smallest absolute Gasteiger partial charge is 0.374 e. The van der Waals surface area contributed by atoms with Crippen LogP contribution < -0.4 is 0 Å². The fourth-order valence-corrected chi connectivity index (χ4v) is 3.98. The standard InChI is InChI=1S/C20H23F4NO4S/c21-19(22,17(27)28)11-5-2-6-12-25-15(13-30-18(25)29)9-10-16(26)20(23,24)14-7-3-1-4-8-14/h1,3-4,7-10,15-16,26H,2,5-6,11-13H2,(H,27,28). The lowest BCUT2D eigenvalue weighted by molar-refractivity contribution is -0.165. The Morgan fingerprint density at radius 3 is 2.50 bits per heavy atom. The molecule has 10 heteroatoms. The van der Waals surface area contributed by atoms with Crippen molar-refractivity contribution in [2.45, 2.75) is 49.7 Å². The van der Waals surface area contributed by atoms with Crippen LogP contribution in [0.15, 0.2) is 42.5 Å². The lowest BCUT2D eigenvalue weighted by atomic mass is 10.0. The summed E-state index contributed by atoms with van der Waals surface area (Å²) in [6.07, 6.45) is 0.125. The van der Waals surface area contributed by atoms with Gasteiger partial charge in [-0.1, -0.05) is 60.7 Å². The summed E-state index contributed by atoms with van der Waals surface area (Å²) in [7, 11) is 0. The molecule has 30 heavy (non-hydrogen) atoms. The number of hydrogen-bond donors (Lipinski definition) is 2. The van der Waals surface area contributed by atoms with Gasteiger partial charge in [-0.2, -0.15) is 17.6 Å². The number of carboxylic acid groups (broad SMARTS) is 1. The normalized spacial score (nSPS) is 18.9. The minimum Gasteiger partial charge on any atom is -0.477 e. The van der Waals surface area contributed by atoms with Crippen molar-refractivity contribution in [2.24, 2.45) is 0 Å². The van der Waals surface area contributed by atoms with Crippen molar-refractivity contribution in [3.05, 3.63) is 48.0 Å². The lowest BCUT2D eigenvalue weighted by Gasteiger charge is -2.23. The second kappa shape index (κ2) is 10.3. The van der Waals surface area contributed by atoms with E-state index in [9.17, 15) is 32.3 Å². The van der Waals surface area contributed by atoms with E-state index in [0.29, 0.717) is 18.6 Å². The van der Waals surface area contributed by atoms with Crippen LogP contribution in [0.1, 0.15) is 31.2 Å². The molecule has 1 aliphatic heterocycles. The number of aliphatic hydroxyl groups excluding tert-OH is 1. The van der Waals surface area contributed by atoms with Crippen molar-refractivity contribution in [2.75, 3.05) is 12.3 Å². The molecule has 0 saturated carbocycles. The highest BCUT2D eigenvalue weighted by Crippen LogP contribution is 2.33. The maximum atomic E-state index is 14.3. The van der Waals surface area contributed by atoms with Crippen LogP contribution in [0.3, 0.4) is 0 Å². The van der Waals surface area contributed by atoms with Crippen LogP contribution in [0.2, 0.25) is 0 Å². The Hall–Kier alpha value is -2.07. The first-order chi connectivity index (χ1) is 14.1. The van der Waals surface area contributed by atoms with Gasteiger partial charge in [0.1, 0.15) is 6.10 Å². The van der Waals surface area contributed by atoms with E-state index in [0.717, 1.165) is 17.8 Å².